The van der Waals surface area contributed by atoms with Crippen LogP contribution in [0.2, 0.25) is 0 Å². The molecule has 1 fully saturated rings. The minimum atomic E-state index is -1.01. The van der Waals surface area contributed by atoms with Gasteiger partial charge in [0.15, 0.2) is 0 Å². The lowest BCUT2D eigenvalue weighted by atomic mass is 9.54. The van der Waals surface area contributed by atoms with E-state index in [9.17, 15) is 9.59 Å². The molecule has 1 aliphatic rings. The molecule has 2 amide bonds. The maximum Gasteiger partial charge on any atom is 0.255 e. The largest absolute Gasteiger partial charge is 0.378 e. The molecule has 0 bridgehead atoms. The van der Waals surface area contributed by atoms with E-state index < -0.39 is 11.0 Å². The molecule has 2 aromatic rings. The average molecular weight is 455 g/mol. The van der Waals surface area contributed by atoms with Crippen molar-refractivity contribution in [2.45, 2.75) is 38.8 Å². The second-order valence-electron chi connectivity index (χ2n) is 7.57. The smallest absolute Gasteiger partial charge is 0.255 e. The van der Waals surface area contributed by atoms with E-state index in [0.717, 1.165) is 0 Å². The van der Waals surface area contributed by atoms with Gasteiger partial charge in [-0.05, 0) is 37.3 Å². The van der Waals surface area contributed by atoms with Gasteiger partial charge in [-0.2, -0.15) is 0 Å². The first kappa shape index (κ1) is 25.8. The van der Waals surface area contributed by atoms with Crippen molar-refractivity contribution in [3.05, 3.63) is 54.4 Å². The molecule has 3 rings (SSSR count). The maximum absolute atomic E-state index is 12.9. The topological polar surface area (TPSA) is 106 Å². The van der Waals surface area contributed by atoms with Crippen LogP contribution in [0.15, 0.2) is 48.8 Å². The molecule has 1 aromatic carbocycles. The fourth-order valence-electron chi connectivity index (χ4n) is 3.44. The number of aromatic nitrogens is 1. The van der Waals surface area contributed by atoms with Crippen LogP contribution < -0.4 is 16.4 Å². The highest BCUT2D eigenvalue weighted by molar-refractivity contribution is 6.05. The molecule has 0 saturated heterocycles. The van der Waals surface area contributed by atoms with Gasteiger partial charge in [0, 0.05) is 47.8 Å². The first-order valence-electron chi connectivity index (χ1n) is 9.31. The summed E-state index contributed by atoms with van der Waals surface area (Å²) < 4.78 is 5.68. The fraction of sp³-hybridized carbons (Fsp3) is 0.381. The van der Waals surface area contributed by atoms with E-state index in [1.807, 2.05) is 20.8 Å². The third-order valence-electron chi connectivity index (χ3n) is 5.56. The van der Waals surface area contributed by atoms with Gasteiger partial charge in [0.25, 0.3) is 5.91 Å². The number of carbonyl (C=O) groups excluding carboxylic acids is 2. The van der Waals surface area contributed by atoms with E-state index in [1.165, 1.54) is 0 Å². The Morgan fingerprint density at radius 1 is 1.13 bits per heavy atom. The zero-order valence-electron chi connectivity index (χ0n) is 17.2. The molecule has 4 N–H and O–H groups in total. The number of carbonyl (C=O) groups is 2. The van der Waals surface area contributed by atoms with Crippen LogP contribution in [0.1, 0.15) is 37.6 Å². The molecular weight excluding hydrogens is 427 g/mol. The lowest BCUT2D eigenvalue weighted by molar-refractivity contribution is -0.166. The molecule has 2 atom stereocenters. The van der Waals surface area contributed by atoms with Crippen molar-refractivity contribution in [2.75, 3.05) is 17.2 Å². The summed E-state index contributed by atoms with van der Waals surface area (Å²) in [5.74, 6) is -0.507. The van der Waals surface area contributed by atoms with E-state index in [4.69, 9.17) is 10.5 Å². The third-order valence-corrected chi connectivity index (χ3v) is 5.56. The fourth-order valence-corrected chi connectivity index (χ4v) is 3.44. The summed E-state index contributed by atoms with van der Waals surface area (Å²) >= 11 is 0. The van der Waals surface area contributed by atoms with Crippen LogP contribution in [0.5, 0.6) is 0 Å². The quantitative estimate of drug-likeness (QED) is 0.617. The zero-order valence-corrected chi connectivity index (χ0v) is 18.8. The van der Waals surface area contributed by atoms with Gasteiger partial charge in [-0.25, -0.2) is 0 Å². The number of pyridine rings is 1. The van der Waals surface area contributed by atoms with Crippen molar-refractivity contribution in [3.63, 3.8) is 0 Å². The Hall–Kier alpha value is -2.19. The van der Waals surface area contributed by atoms with Gasteiger partial charge < -0.3 is 21.1 Å². The van der Waals surface area contributed by atoms with Crippen LogP contribution in [0.4, 0.5) is 11.4 Å². The van der Waals surface area contributed by atoms with E-state index >= 15 is 0 Å². The van der Waals surface area contributed by atoms with Gasteiger partial charge in [0.1, 0.15) is 5.54 Å². The van der Waals surface area contributed by atoms with Crippen molar-refractivity contribution in [3.8, 4) is 0 Å². The molecule has 1 aliphatic carbocycles. The number of benzene rings is 1. The molecule has 0 spiro atoms. The van der Waals surface area contributed by atoms with Crippen molar-refractivity contribution in [1.29, 1.82) is 0 Å². The number of nitrogens with one attached hydrogen (secondary N) is 2. The number of nitrogens with zero attached hydrogens (tertiary/aromatic N) is 1. The van der Waals surface area contributed by atoms with Crippen LogP contribution in [0.25, 0.3) is 0 Å². The summed E-state index contributed by atoms with van der Waals surface area (Å²) in [7, 11) is 0. The number of rotatable bonds is 6. The summed E-state index contributed by atoms with van der Waals surface area (Å²) in [6, 6.07) is 10.2. The second-order valence-corrected chi connectivity index (χ2v) is 7.57. The molecule has 30 heavy (non-hydrogen) atoms. The predicted octanol–water partition coefficient (Wildman–Crippen LogP) is 3.65. The molecule has 1 heterocycles. The summed E-state index contributed by atoms with van der Waals surface area (Å²) in [6.07, 6.45) is 3.54. The standard InChI is InChI=1S/C21H26N4O3.2ClH/c1-4-28-17-13-21(22,20(17,2)3)19(27)25-16-7-5-6-15(12-16)24-18(26)14-8-10-23-11-9-14;;/h5-12,17H,4,13,22H2,1-3H3,(H,24,26)(H,25,27);2*1H. The van der Waals surface area contributed by atoms with E-state index in [1.54, 1.807) is 48.8 Å². The van der Waals surface area contributed by atoms with E-state index in [2.05, 4.69) is 15.6 Å². The maximum atomic E-state index is 12.9. The number of anilines is 2. The van der Waals surface area contributed by atoms with Gasteiger partial charge in [0.2, 0.25) is 5.91 Å². The average Bonchev–Trinajstić information content (AvgIpc) is 2.68. The molecule has 7 nitrogen and oxygen atoms in total. The Morgan fingerprint density at radius 2 is 1.73 bits per heavy atom. The van der Waals surface area contributed by atoms with Crippen LogP contribution in [0, 0.1) is 5.41 Å². The molecule has 2 unspecified atom stereocenters. The van der Waals surface area contributed by atoms with Gasteiger partial charge in [0.05, 0.1) is 6.10 Å². The van der Waals surface area contributed by atoms with Crippen molar-refractivity contribution >= 4 is 48.0 Å². The SMILES string of the molecule is CCOC1CC(N)(C(=O)Nc2cccc(NC(=O)c3ccncc3)c2)C1(C)C.Cl.Cl. The third kappa shape index (κ3) is 4.92. The summed E-state index contributed by atoms with van der Waals surface area (Å²) in [5, 5.41) is 5.68. The number of nitrogens with two attached hydrogens (primary N) is 1. The van der Waals surface area contributed by atoms with Crippen molar-refractivity contribution in [2.24, 2.45) is 11.1 Å². The van der Waals surface area contributed by atoms with Crippen LogP contribution >= 0.6 is 24.8 Å². The highest BCUT2D eigenvalue weighted by atomic mass is 35.5. The van der Waals surface area contributed by atoms with Gasteiger partial charge in [-0.3, -0.25) is 14.6 Å². The number of hydrogen-bond acceptors (Lipinski definition) is 5. The number of halogens is 2. The van der Waals surface area contributed by atoms with Crippen molar-refractivity contribution in [1.82, 2.24) is 4.98 Å². The van der Waals surface area contributed by atoms with E-state index in [0.29, 0.717) is 30.0 Å². The Kier molecular flexibility index (Phi) is 8.80. The minimum absolute atomic E-state index is 0. The Morgan fingerprint density at radius 3 is 2.30 bits per heavy atom. The summed E-state index contributed by atoms with van der Waals surface area (Å²) in [5.41, 5.74) is 6.58. The predicted molar refractivity (Wildman–Crippen MR) is 122 cm³/mol. The zero-order chi connectivity index (χ0) is 20.4. The normalized spacial score (nSPS) is 21.3. The van der Waals surface area contributed by atoms with Crippen LogP contribution in [0.3, 0.4) is 0 Å². The number of amides is 2. The lowest BCUT2D eigenvalue weighted by Gasteiger charge is -2.57. The minimum Gasteiger partial charge on any atom is -0.378 e. The first-order chi connectivity index (χ1) is 13.3. The lowest BCUT2D eigenvalue weighted by Crippen LogP contribution is -2.74. The highest BCUT2D eigenvalue weighted by Gasteiger charge is 2.62. The number of hydrogen-bond donors (Lipinski definition) is 3. The van der Waals surface area contributed by atoms with Gasteiger partial charge >= 0.3 is 0 Å². The Labute approximate surface area is 189 Å². The molecule has 9 heteroatoms. The Balaban J connectivity index is 0.00000225. The van der Waals surface area contributed by atoms with E-state index in [-0.39, 0.29) is 42.7 Å². The second kappa shape index (κ2) is 10.2. The molecule has 1 saturated carbocycles. The molecule has 0 aliphatic heterocycles. The van der Waals surface area contributed by atoms with Crippen molar-refractivity contribution < 1.29 is 14.3 Å². The van der Waals surface area contributed by atoms with Crippen LogP contribution in [-0.2, 0) is 9.53 Å². The summed E-state index contributed by atoms with van der Waals surface area (Å²) in [4.78, 5) is 29.0. The Bertz CT molecular complexity index is 880. The molecule has 1 aromatic heterocycles. The molecular formula is C21H28Cl2N4O3. The molecule has 164 valence electrons. The monoisotopic (exact) mass is 454 g/mol. The van der Waals surface area contributed by atoms with Gasteiger partial charge in [-0.1, -0.05) is 19.9 Å². The van der Waals surface area contributed by atoms with Crippen LogP contribution in [-0.4, -0.2) is 35.0 Å². The number of ether oxygens (including phenoxy) is 1. The summed E-state index contributed by atoms with van der Waals surface area (Å²) in [6.45, 7) is 6.41. The molecule has 0 radical (unpaired) electrons. The first-order valence-corrected chi connectivity index (χ1v) is 9.31. The van der Waals surface area contributed by atoms with Gasteiger partial charge in [-0.15, -0.1) is 24.8 Å². The highest BCUT2D eigenvalue weighted by Crippen LogP contribution is 2.50.